The van der Waals surface area contributed by atoms with E-state index >= 15 is 0 Å². The van der Waals surface area contributed by atoms with Crippen molar-refractivity contribution in [3.63, 3.8) is 0 Å². The minimum absolute atomic E-state index is 0.784. The monoisotopic (exact) mass is 282 g/mol. The van der Waals surface area contributed by atoms with Crippen molar-refractivity contribution in [2.45, 2.75) is 77.6 Å². The summed E-state index contributed by atoms with van der Waals surface area (Å²) in [6.07, 6.45) is 15.8. The summed E-state index contributed by atoms with van der Waals surface area (Å²) in [6, 6.07) is 0. The molecule has 1 heterocycles. The molecule has 0 spiro atoms. The maximum absolute atomic E-state index is 4.75. The average Bonchev–Trinajstić information content (AvgIpc) is 2.76. The fraction of sp³-hybridized carbons (Fsp3) is 0.867. The topological polar surface area (TPSA) is 14.1 Å². The molecule has 2 rings (SSSR count). The zero-order chi connectivity index (χ0) is 12.6. The highest BCUT2D eigenvalue weighted by Crippen LogP contribution is 2.40. The molecule has 0 saturated heterocycles. The van der Waals surface area contributed by atoms with E-state index in [2.05, 4.69) is 6.92 Å². The largest absolute Gasteiger partial charge is 0.226 e. The van der Waals surface area contributed by atoms with Crippen LogP contribution in [-0.2, 0) is 0 Å². The molecule has 101 valence electrons. The Balaban J connectivity index is 1.87. The standard InChI is InChI=1S/C15H26NP2/c1-13-15(16-18-17-13)14-11-9-7-5-3-2-4-6-8-10-12-14/h14H,2-12H2,1H3. The highest BCUT2D eigenvalue weighted by Gasteiger charge is 2.19. The Labute approximate surface area is 116 Å². The Morgan fingerprint density at radius 2 is 1.33 bits per heavy atom. The van der Waals surface area contributed by atoms with Gasteiger partial charge in [0.2, 0.25) is 0 Å². The van der Waals surface area contributed by atoms with Gasteiger partial charge in [0.15, 0.2) is 0 Å². The minimum Gasteiger partial charge on any atom is -0.226 e. The van der Waals surface area contributed by atoms with Crippen LogP contribution in [0.2, 0.25) is 0 Å². The van der Waals surface area contributed by atoms with Crippen LogP contribution in [0.5, 0.6) is 0 Å². The molecule has 18 heavy (non-hydrogen) atoms. The van der Waals surface area contributed by atoms with Crippen molar-refractivity contribution in [1.29, 1.82) is 0 Å². The lowest BCUT2D eigenvalue weighted by Gasteiger charge is -2.19. The van der Waals surface area contributed by atoms with E-state index in [9.17, 15) is 0 Å². The van der Waals surface area contributed by atoms with Crippen LogP contribution in [0.25, 0.3) is 0 Å². The lowest BCUT2D eigenvalue weighted by molar-refractivity contribution is 0.428. The third kappa shape index (κ3) is 4.67. The summed E-state index contributed by atoms with van der Waals surface area (Å²) in [5.41, 5.74) is 1.48. The lowest BCUT2D eigenvalue weighted by atomic mass is 9.90. The van der Waals surface area contributed by atoms with E-state index in [0.717, 1.165) is 5.92 Å². The molecule has 1 nitrogen and oxygen atoms in total. The third-order valence-electron chi connectivity index (χ3n) is 4.21. The number of hydrogen-bond acceptors (Lipinski definition) is 0. The minimum atomic E-state index is 0.784. The molecule has 0 aromatic carbocycles. The molecule has 0 N–H and O–H groups in total. The summed E-state index contributed by atoms with van der Waals surface area (Å²) in [5, 5.41) is 6.30. The summed E-state index contributed by atoms with van der Waals surface area (Å²) in [4.78, 5) is 0. The fourth-order valence-corrected chi connectivity index (χ4v) is 5.21. The normalized spacial score (nSPS) is 26.3. The van der Waals surface area contributed by atoms with Crippen LogP contribution in [0, 0.1) is 5.92 Å². The number of rotatable bonds is 1. The molecule has 0 bridgehead atoms. The van der Waals surface area contributed by atoms with Gasteiger partial charge in [0, 0.05) is 11.2 Å². The first-order valence-corrected chi connectivity index (χ1v) is 10.1. The second kappa shape index (κ2) is 8.34. The number of allylic oxidation sites excluding steroid dienone is 2. The van der Waals surface area contributed by atoms with Gasteiger partial charge in [-0.3, -0.25) is 0 Å². The Hall–Kier alpha value is 0.140. The predicted octanol–water partition coefficient (Wildman–Crippen LogP) is 6.48. The molecule has 0 amide bonds. The van der Waals surface area contributed by atoms with E-state index in [1.54, 1.807) is 5.31 Å². The van der Waals surface area contributed by atoms with E-state index in [1.165, 1.54) is 92.2 Å². The van der Waals surface area contributed by atoms with Crippen molar-refractivity contribution in [1.82, 2.24) is 5.09 Å². The van der Waals surface area contributed by atoms with Gasteiger partial charge < -0.3 is 0 Å². The number of hydrogen-bond donors (Lipinski definition) is 0. The van der Waals surface area contributed by atoms with E-state index in [4.69, 9.17) is 5.09 Å². The summed E-state index contributed by atoms with van der Waals surface area (Å²) in [7, 11) is 2.71. The first kappa shape index (κ1) is 14.5. The van der Waals surface area contributed by atoms with Gasteiger partial charge in [-0.05, 0) is 27.6 Å². The zero-order valence-electron chi connectivity index (χ0n) is 11.7. The average molecular weight is 282 g/mol. The van der Waals surface area contributed by atoms with Crippen LogP contribution < -0.4 is 5.09 Å². The summed E-state index contributed by atoms with van der Waals surface area (Å²) in [6.45, 7) is 2.29. The molecule has 1 fully saturated rings. The highest BCUT2D eigenvalue weighted by molar-refractivity contribution is 7.85. The predicted molar refractivity (Wildman–Crippen MR) is 83.0 cm³/mol. The first-order valence-electron chi connectivity index (χ1n) is 7.70. The van der Waals surface area contributed by atoms with Crippen LogP contribution in [0.1, 0.15) is 77.6 Å². The van der Waals surface area contributed by atoms with Gasteiger partial charge in [-0.15, -0.1) is 0 Å². The van der Waals surface area contributed by atoms with E-state index in [1.807, 2.05) is 0 Å². The fourth-order valence-electron chi connectivity index (χ4n) is 3.07. The molecule has 0 aromatic rings. The van der Waals surface area contributed by atoms with Crippen molar-refractivity contribution in [3.8, 4) is 0 Å². The maximum Gasteiger partial charge on any atom is 0.0699 e. The molecule has 1 aliphatic carbocycles. The first-order chi connectivity index (χ1) is 8.88. The van der Waals surface area contributed by atoms with Gasteiger partial charge in [-0.25, -0.2) is 5.09 Å². The molecule has 1 radical (unpaired) electrons. The van der Waals surface area contributed by atoms with Crippen molar-refractivity contribution >= 4 is 15.9 Å². The molecule has 1 aliphatic heterocycles. The Morgan fingerprint density at radius 1 is 0.833 bits per heavy atom. The van der Waals surface area contributed by atoms with Crippen LogP contribution in [0.3, 0.4) is 0 Å². The van der Waals surface area contributed by atoms with Gasteiger partial charge in [-0.1, -0.05) is 57.8 Å². The van der Waals surface area contributed by atoms with Gasteiger partial charge in [0.1, 0.15) is 0 Å². The second-order valence-corrected chi connectivity index (χ2v) is 8.10. The summed E-state index contributed by atoms with van der Waals surface area (Å²) in [5.74, 6) is 0.784. The molecule has 0 aromatic heterocycles. The Bertz CT molecular complexity index is 298. The van der Waals surface area contributed by atoms with Crippen molar-refractivity contribution in [2.24, 2.45) is 5.92 Å². The van der Waals surface area contributed by atoms with Crippen LogP contribution >= 0.6 is 15.9 Å². The Morgan fingerprint density at radius 3 is 1.78 bits per heavy atom. The third-order valence-corrected chi connectivity index (χ3v) is 6.57. The maximum atomic E-state index is 4.75. The number of nitrogens with zero attached hydrogens (tertiary/aromatic N) is 1. The van der Waals surface area contributed by atoms with Crippen LogP contribution in [-0.4, -0.2) is 0 Å². The smallest absolute Gasteiger partial charge is 0.0699 e. The molecule has 1 saturated carbocycles. The van der Waals surface area contributed by atoms with Crippen molar-refractivity contribution < 1.29 is 0 Å². The van der Waals surface area contributed by atoms with E-state index in [-0.39, 0.29) is 0 Å². The van der Waals surface area contributed by atoms with Crippen molar-refractivity contribution in [2.75, 3.05) is 0 Å². The van der Waals surface area contributed by atoms with E-state index < -0.39 is 0 Å². The molecule has 0 atom stereocenters. The van der Waals surface area contributed by atoms with Crippen LogP contribution in [0.15, 0.2) is 11.0 Å². The zero-order valence-corrected chi connectivity index (χ0v) is 13.5. The molecule has 0 unspecified atom stereocenters. The van der Waals surface area contributed by atoms with Gasteiger partial charge in [-0.2, -0.15) is 0 Å². The lowest BCUT2D eigenvalue weighted by Crippen LogP contribution is -2.09. The SMILES string of the molecule is CC1=C(C2CCCCCCCCCCC2)[N]P=P1. The second-order valence-electron chi connectivity index (χ2n) is 5.72. The molecule has 2 aliphatic rings. The summed E-state index contributed by atoms with van der Waals surface area (Å²) < 4.78 is 0. The molecular weight excluding hydrogens is 256 g/mol. The van der Waals surface area contributed by atoms with Gasteiger partial charge >= 0.3 is 0 Å². The highest BCUT2D eigenvalue weighted by atomic mass is 31.7. The van der Waals surface area contributed by atoms with Crippen LogP contribution in [0.4, 0.5) is 0 Å². The molecule has 3 heteroatoms. The Kier molecular flexibility index (Phi) is 6.74. The quantitative estimate of drug-likeness (QED) is 0.489. The van der Waals surface area contributed by atoms with Gasteiger partial charge in [0.05, 0.1) is 13.7 Å². The van der Waals surface area contributed by atoms with Crippen molar-refractivity contribution in [3.05, 3.63) is 11.0 Å². The molecular formula is C15H26NP2. The van der Waals surface area contributed by atoms with E-state index in [0.29, 0.717) is 0 Å². The summed E-state index contributed by atoms with van der Waals surface area (Å²) >= 11 is 0. The van der Waals surface area contributed by atoms with Gasteiger partial charge in [0.25, 0.3) is 0 Å².